The van der Waals surface area contributed by atoms with Crippen LogP contribution in [0, 0.1) is 0 Å². The van der Waals surface area contributed by atoms with Crippen molar-refractivity contribution in [3.8, 4) is 0 Å². The number of aromatic nitrogens is 3. The summed E-state index contributed by atoms with van der Waals surface area (Å²) < 4.78 is 12.5. The standard InChI is InChI=1S/C22H24N4O6/c1-3-17(27)31-11-15-18(28)19(29)22(2,32-15)16-10-9-14-20(23-12-24-26(14)16)25-21(30)13-7-5-4-6-8-13/h4-10,12,15,18-19,28-29H,3,11H2,1-2H3,(H,23,24,25,30)/t15-,18-,19-,22+/m1/s1. The Balaban J connectivity index is 1.62. The number of carbonyl (C=O) groups excluding carboxylic acids is 2. The lowest BCUT2D eigenvalue weighted by Gasteiger charge is -2.27. The first-order valence-corrected chi connectivity index (χ1v) is 10.2. The molecule has 3 N–H and O–H groups in total. The number of esters is 1. The molecule has 3 heterocycles. The highest BCUT2D eigenvalue weighted by Gasteiger charge is 2.54. The molecule has 0 aliphatic carbocycles. The number of hydrogen-bond acceptors (Lipinski definition) is 8. The number of nitrogens with zero attached hydrogens (tertiary/aromatic N) is 3. The quantitative estimate of drug-likeness (QED) is 0.488. The molecule has 2 aromatic heterocycles. The van der Waals surface area contributed by atoms with Crippen LogP contribution in [0.5, 0.6) is 0 Å². The molecule has 168 valence electrons. The third-order valence-corrected chi connectivity index (χ3v) is 5.59. The normalized spacial score (nSPS) is 25.1. The first-order valence-electron chi connectivity index (χ1n) is 10.2. The van der Waals surface area contributed by atoms with Gasteiger partial charge in [-0.25, -0.2) is 9.50 Å². The topological polar surface area (TPSA) is 135 Å². The van der Waals surface area contributed by atoms with Gasteiger partial charge in [0.25, 0.3) is 5.91 Å². The summed E-state index contributed by atoms with van der Waals surface area (Å²) in [7, 11) is 0. The van der Waals surface area contributed by atoms with Gasteiger partial charge < -0.3 is 25.0 Å². The number of benzene rings is 1. The van der Waals surface area contributed by atoms with Crippen LogP contribution in [0.25, 0.3) is 5.52 Å². The van der Waals surface area contributed by atoms with Crippen molar-refractivity contribution >= 4 is 23.2 Å². The van der Waals surface area contributed by atoms with Crippen molar-refractivity contribution in [1.82, 2.24) is 14.6 Å². The van der Waals surface area contributed by atoms with Gasteiger partial charge in [-0.15, -0.1) is 0 Å². The molecule has 32 heavy (non-hydrogen) atoms. The molecule has 0 unspecified atom stereocenters. The summed E-state index contributed by atoms with van der Waals surface area (Å²) >= 11 is 0. The molecular weight excluding hydrogens is 416 g/mol. The van der Waals surface area contributed by atoms with Crippen LogP contribution in [-0.2, 0) is 19.9 Å². The molecule has 3 aromatic rings. The van der Waals surface area contributed by atoms with Gasteiger partial charge in [0.05, 0.1) is 5.69 Å². The lowest BCUT2D eigenvalue weighted by Crippen LogP contribution is -2.39. The van der Waals surface area contributed by atoms with Crippen molar-refractivity contribution in [2.24, 2.45) is 0 Å². The highest BCUT2D eigenvalue weighted by Crippen LogP contribution is 2.40. The molecule has 0 radical (unpaired) electrons. The van der Waals surface area contributed by atoms with Crippen LogP contribution < -0.4 is 5.32 Å². The van der Waals surface area contributed by atoms with Crippen LogP contribution in [0.2, 0.25) is 0 Å². The molecule has 4 rings (SSSR count). The number of hydrogen-bond donors (Lipinski definition) is 3. The number of fused-ring (bicyclic) bond motifs is 1. The third kappa shape index (κ3) is 3.83. The van der Waals surface area contributed by atoms with Gasteiger partial charge in [0.1, 0.15) is 42.4 Å². The van der Waals surface area contributed by atoms with Crippen molar-refractivity contribution < 1.29 is 29.3 Å². The Morgan fingerprint density at radius 1 is 1.22 bits per heavy atom. The molecule has 10 heteroatoms. The second kappa shape index (κ2) is 8.65. The molecule has 0 bridgehead atoms. The maximum atomic E-state index is 12.6. The summed E-state index contributed by atoms with van der Waals surface area (Å²) in [6.45, 7) is 3.10. The van der Waals surface area contributed by atoms with Gasteiger partial charge in [0.15, 0.2) is 5.82 Å². The van der Waals surface area contributed by atoms with Crippen LogP contribution in [0.3, 0.4) is 0 Å². The van der Waals surface area contributed by atoms with E-state index in [9.17, 15) is 19.8 Å². The minimum atomic E-state index is -1.34. The Labute approximate surface area is 183 Å². The van der Waals surface area contributed by atoms with Crippen molar-refractivity contribution in [2.75, 3.05) is 11.9 Å². The van der Waals surface area contributed by atoms with Crippen LogP contribution in [0.4, 0.5) is 5.82 Å². The van der Waals surface area contributed by atoms with Gasteiger partial charge in [-0.05, 0) is 31.2 Å². The largest absolute Gasteiger partial charge is 0.463 e. The fraction of sp³-hybridized carbons (Fsp3) is 0.364. The molecular formula is C22H24N4O6. The molecule has 1 amide bonds. The van der Waals surface area contributed by atoms with E-state index in [0.717, 1.165) is 0 Å². The van der Waals surface area contributed by atoms with Gasteiger partial charge >= 0.3 is 5.97 Å². The highest BCUT2D eigenvalue weighted by molar-refractivity contribution is 6.05. The fourth-order valence-corrected chi connectivity index (χ4v) is 3.78. The number of carbonyl (C=O) groups is 2. The van der Waals surface area contributed by atoms with E-state index in [0.29, 0.717) is 16.8 Å². The van der Waals surface area contributed by atoms with E-state index in [2.05, 4.69) is 15.4 Å². The first-order chi connectivity index (χ1) is 15.3. The molecule has 1 aliphatic rings. The monoisotopic (exact) mass is 440 g/mol. The summed E-state index contributed by atoms with van der Waals surface area (Å²) in [5, 5.41) is 28.3. The Morgan fingerprint density at radius 3 is 2.69 bits per heavy atom. The number of nitrogens with one attached hydrogen (secondary N) is 1. The average Bonchev–Trinajstić information content (AvgIpc) is 3.35. The number of amides is 1. The second-order valence-electron chi connectivity index (χ2n) is 7.68. The van der Waals surface area contributed by atoms with Crippen LogP contribution >= 0.6 is 0 Å². The van der Waals surface area contributed by atoms with Gasteiger partial charge in [-0.3, -0.25) is 9.59 Å². The number of ether oxygens (including phenoxy) is 2. The van der Waals surface area contributed by atoms with Crippen molar-refractivity contribution in [1.29, 1.82) is 0 Å². The summed E-state index contributed by atoms with van der Waals surface area (Å²) in [4.78, 5) is 28.2. The number of aliphatic hydroxyl groups is 2. The molecule has 1 aliphatic heterocycles. The van der Waals surface area contributed by atoms with Crippen molar-refractivity contribution in [3.05, 3.63) is 60.0 Å². The molecule has 0 spiro atoms. The summed E-state index contributed by atoms with van der Waals surface area (Å²) in [5.74, 6) is -0.473. The van der Waals surface area contributed by atoms with E-state index >= 15 is 0 Å². The van der Waals surface area contributed by atoms with E-state index in [1.165, 1.54) is 10.8 Å². The molecule has 0 saturated carbocycles. The predicted octanol–water partition coefficient (Wildman–Crippen LogP) is 1.27. The molecule has 1 fully saturated rings. The number of aliphatic hydroxyl groups excluding tert-OH is 2. The summed E-state index contributed by atoms with van der Waals surface area (Å²) in [6, 6.07) is 12.1. The zero-order chi connectivity index (χ0) is 22.9. The predicted molar refractivity (Wildman–Crippen MR) is 113 cm³/mol. The summed E-state index contributed by atoms with van der Waals surface area (Å²) in [5.41, 5.74) is 0.0646. The van der Waals surface area contributed by atoms with Gasteiger partial charge in [-0.2, -0.15) is 5.10 Å². The Bertz CT molecular complexity index is 1130. The SMILES string of the molecule is CCC(=O)OC[C@H]1O[C@@](C)(c2ccc3c(NC(=O)c4ccccc4)ncnn23)[C@H](O)[C@@H]1O. The maximum Gasteiger partial charge on any atom is 0.305 e. The maximum absolute atomic E-state index is 12.6. The Morgan fingerprint density at radius 2 is 1.97 bits per heavy atom. The minimum absolute atomic E-state index is 0.183. The van der Waals surface area contributed by atoms with Gasteiger partial charge in [0, 0.05) is 12.0 Å². The smallest absolute Gasteiger partial charge is 0.305 e. The number of rotatable bonds is 6. The van der Waals surface area contributed by atoms with Crippen LogP contribution in [-0.4, -0.2) is 61.6 Å². The van der Waals surface area contributed by atoms with E-state index in [1.54, 1.807) is 50.2 Å². The van der Waals surface area contributed by atoms with Crippen LogP contribution in [0.15, 0.2) is 48.8 Å². The van der Waals surface area contributed by atoms with E-state index in [4.69, 9.17) is 9.47 Å². The van der Waals surface area contributed by atoms with Gasteiger partial charge in [0.2, 0.25) is 0 Å². The third-order valence-electron chi connectivity index (χ3n) is 5.59. The first kappa shape index (κ1) is 21.9. The average molecular weight is 440 g/mol. The zero-order valence-corrected chi connectivity index (χ0v) is 17.6. The molecule has 4 atom stereocenters. The van der Waals surface area contributed by atoms with E-state index < -0.39 is 29.9 Å². The molecule has 1 aromatic carbocycles. The zero-order valence-electron chi connectivity index (χ0n) is 17.6. The second-order valence-corrected chi connectivity index (χ2v) is 7.68. The Kier molecular flexibility index (Phi) is 5.92. The molecule has 1 saturated heterocycles. The van der Waals surface area contributed by atoms with Crippen molar-refractivity contribution in [3.63, 3.8) is 0 Å². The highest BCUT2D eigenvalue weighted by atomic mass is 16.6. The molecule has 10 nitrogen and oxygen atoms in total. The van der Waals surface area contributed by atoms with E-state index in [1.807, 2.05) is 6.07 Å². The minimum Gasteiger partial charge on any atom is -0.463 e. The van der Waals surface area contributed by atoms with Gasteiger partial charge in [-0.1, -0.05) is 25.1 Å². The number of anilines is 1. The lowest BCUT2D eigenvalue weighted by molar-refractivity contribution is -0.151. The lowest BCUT2D eigenvalue weighted by atomic mass is 9.93. The van der Waals surface area contributed by atoms with Crippen LogP contribution in [0.1, 0.15) is 36.3 Å². The van der Waals surface area contributed by atoms with Crippen molar-refractivity contribution in [2.45, 2.75) is 44.2 Å². The summed E-state index contributed by atoms with van der Waals surface area (Å²) in [6.07, 6.45) is -2.01. The Hall–Kier alpha value is -3.34. The fourth-order valence-electron chi connectivity index (χ4n) is 3.78. The van der Waals surface area contributed by atoms with E-state index in [-0.39, 0.29) is 24.8 Å².